The summed E-state index contributed by atoms with van der Waals surface area (Å²) in [6.07, 6.45) is 0. The van der Waals surface area contributed by atoms with Gasteiger partial charge in [0.25, 0.3) is 5.91 Å². The quantitative estimate of drug-likeness (QED) is 0.467. The van der Waals surface area contributed by atoms with Crippen molar-refractivity contribution in [2.24, 2.45) is 0 Å². The summed E-state index contributed by atoms with van der Waals surface area (Å²) in [5.74, 6) is 2.32. The Hall–Kier alpha value is -2.81. The van der Waals surface area contributed by atoms with Gasteiger partial charge < -0.3 is 19.7 Å². The molecule has 1 aliphatic heterocycles. The zero-order chi connectivity index (χ0) is 24.9. The van der Waals surface area contributed by atoms with Gasteiger partial charge in [-0.3, -0.25) is 9.69 Å². The Morgan fingerprint density at radius 2 is 2.00 bits per heavy atom. The van der Waals surface area contributed by atoms with Crippen LogP contribution >= 0.6 is 22.9 Å². The molecule has 0 radical (unpaired) electrons. The Labute approximate surface area is 215 Å². The van der Waals surface area contributed by atoms with Crippen molar-refractivity contribution >= 4 is 34.7 Å². The van der Waals surface area contributed by atoms with Crippen molar-refractivity contribution in [3.63, 3.8) is 0 Å². The molecule has 1 amide bonds. The zero-order valence-electron chi connectivity index (χ0n) is 20.5. The van der Waals surface area contributed by atoms with Gasteiger partial charge in [0.2, 0.25) is 0 Å². The first kappa shape index (κ1) is 25.3. The third-order valence-electron chi connectivity index (χ3n) is 6.38. The van der Waals surface area contributed by atoms with Gasteiger partial charge in [-0.25, -0.2) is 4.98 Å². The number of halogens is 1. The second-order valence-corrected chi connectivity index (χ2v) is 10.0. The number of rotatable bonds is 8. The van der Waals surface area contributed by atoms with Crippen LogP contribution in [0, 0.1) is 6.92 Å². The van der Waals surface area contributed by atoms with E-state index in [2.05, 4.69) is 33.1 Å². The topological polar surface area (TPSA) is 66.9 Å². The lowest BCUT2D eigenvalue weighted by Gasteiger charge is -2.40. The predicted molar refractivity (Wildman–Crippen MR) is 141 cm³/mol. The number of benzene rings is 2. The largest absolute Gasteiger partial charge is 0.493 e. The highest BCUT2D eigenvalue weighted by molar-refractivity contribution is 7.10. The molecule has 1 aromatic heterocycles. The van der Waals surface area contributed by atoms with E-state index in [0.717, 1.165) is 53.9 Å². The molecule has 0 saturated carbocycles. The van der Waals surface area contributed by atoms with Gasteiger partial charge in [-0.2, -0.15) is 0 Å². The number of anilines is 1. The molecule has 4 rings (SSSR count). The van der Waals surface area contributed by atoms with Crippen LogP contribution in [0.3, 0.4) is 0 Å². The molecule has 3 aromatic rings. The van der Waals surface area contributed by atoms with E-state index >= 15 is 0 Å². The third kappa shape index (κ3) is 5.72. The molecule has 1 unspecified atom stereocenters. The van der Waals surface area contributed by atoms with Gasteiger partial charge in [-0.05, 0) is 49.2 Å². The molecule has 0 bridgehead atoms. The van der Waals surface area contributed by atoms with Gasteiger partial charge in [0.15, 0.2) is 11.5 Å². The van der Waals surface area contributed by atoms with Crippen LogP contribution in [-0.2, 0) is 13.1 Å². The highest BCUT2D eigenvalue weighted by Crippen LogP contribution is 2.30. The molecule has 1 saturated heterocycles. The minimum atomic E-state index is -0.128. The average Bonchev–Trinajstić information content (AvgIpc) is 3.32. The molecule has 1 atom stereocenters. The molecule has 0 spiro atoms. The van der Waals surface area contributed by atoms with E-state index in [1.807, 2.05) is 24.6 Å². The minimum Gasteiger partial charge on any atom is -0.493 e. The first-order valence-corrected chi connectivity index (χ1v) is 12.8. The summed E-state index contributed by atoms with van der Waals surface area (Å²) in [6.45, 7) is 8.06. The van der Waals surface area contributed by atoms with Crippen LogP contribution in [0.1, 0.15) is 33.3 Å². The summed E-state index contributed by atoms with van der Waals surface area (Å²) in [5.41, 5.74) is 4.43. The fourth-order valence-corrected chi connectivity index (χ4v) is 5.34. The number of methoxy groups -OCH3 is 2. The van der Waals surface area contributed by atoms with Crippen molar-refractivity contribution in [2.45, 2.75) is 33.0 Å². The minimum absolute atomic E-state index is 0.128. The molecule has 7 nitrogen and oxygen atoms in total. The van der Waals surface area contributed by atoms with E-state index in [1.54, 1.807) is 43.8 Å². The smallest absolute Gasteiger partial charge is 0.251 e. The van der Waals surface area contributed by atoms with Gasteiger partial charge in [0, 0.05) is 42.8 Å². The van der Waals surface area contributed by atoms with Crippen molar-refractivity contribution in [2.75, 3.05) is 38.8 Å². The number of carbonyl (C=O) groups excluding carboxylic acids is 1. The van der Waals surface area contributed by atoms with Crippen LogP contribution in [-0.4, -0.2) is 55.7 Å². The molecule has 2 heterocycles. The summed E-state index contributed by atoms with van der Waals surface area (Å²) < 4.78 is 10.8. The van der Waals surface area contributed by atoms with E-state index in [9.17, 15) is 4.79 Å². The summed E-state index contributed by atoms with van der Waals surface area (Å²) in [7, 11) is 3.31. The van der Waals surface area contributed by atoms with E-state index < -0.39 is 0 Å². The molecular formula is C26H31ClN4O3S. The van der Waals surface area contributed by atoms with Crippen LogP contribution < -0.4 is 19.7 Å². The Kier molecular flexibility index (Phi) is 8.15. The van der Waals surface area contributed by atoms with Crippen LogP contribution in [0.2, 0.25) is 5.02 Å². The summed E-state index contributed by atoms with van der Waals surface area (Å²) in [4.78, 5) is 23.2. The highest BCUT2D eigenvalue weighted by Gasteiger charge is 2.27. The summed E-state index contributed by atoms with van der Waals surface area (Å²) >= 11 is 7.75. The van der Waals surface area contributed by atoms with Gasteiger partial charge in [-0.15, -0.1) is 11.3 Å². The molecule has 2 aromatic carbocycles. The molecule has 0 aliphatic carbocycles. The molecular weight excluding hydrogens is 484 g/mol. The number of thiazole rings is 1. The van der Waals surface area contributed by atoms with Crippen molar-refractivity contribution in [1.29, 1.82) is 0 Å². The molecule has 1 fully saturated rings. The SMILES string of the molecule is COc1ccc(CN2CCN(c3ncsc3CNC(=O)c3cccc(Cl)c3C)C(C)C2)cc1OC. The normalized spacial score (nSPS) is 16.3. The molecule has 9 heteroatoms. The number of aromatic nitrogens is 1. The third-order valence-corrected chi connectivity index (χ3v) is 7.61. The molecule has 1 aliphatic rings. The monoisotopic (exact) mass is 514 g/mol. The fourth-order valence-electron chi connectivity index (χ4n) is 4.46. The second-order valence-electron chi connectivity index (χ2n) is 8.66. The number of hydrogen-bond donors (Lipinski definition) is 1. The van der Waals surface area contributed by atoms with Gasteiger partial charge in [0.1, 0.15) is 5.82 Å². The second kappa shape index (κ2) is 11.3. The van der Waals surface area contributed by atoms with Crippen LogP contribution in [0.5, 0.6) is 11.5 Å². The number of piperazine rings is 1. The van der Waals surface area contributed by atoms with Crippen molar-refractivity contribution in [1.82, 2.24) is 15.2 Å². The lowest BCUT2D eigenvalue weighted by atomic mass is 10.1. The first-order chi connectivity index (χ1) is 16.9. The molecule has 186 valence electrons. The first-order valence-electron chi connectivity index (χ1n) is 11.6. The molecule has 35 heavy (non-hydrogen) atoms. The lowest BCUT2D eigenvalue weighted by molar-refractivity contribution is 0.0950. The van der Waals surface area contributed by atoms with Crippen LogP contribution in [0.4, 0.5) is 5.82 Å². The maximum Gasteiger partial charge on any atom is 0.251 e. The maximum absolute atomic E-state index is 12.7. The fraction of sp³-hybridized carbons (Fsp3) is 0.385. The number of nitrogens with zero attached hydrogens (tertiary/aromatic N) is 3. The standard InChI is InChI=1S/C26H31ClN4O3S/c1-17-14-30(15-19-8-9-22(33-3)23(12-19)34-4)10-11-31(17)25-24(35-16-29-25)13-28-26(32)20-6-5-7-21(27)18(20)2/h5-9,12,16-17H,10-11,13-15H2,1-4H3,(H,28,32). The Balaban J connectivity index is 1.37. The zero-order valence-corrected chi connectivity index (χ0v) is 22.1. The lowest BCUT2D eigenvalue weighted by Crippen LogP contribution is -2.52. The number of amides is 1. The van der Waals surface area contributed by atoms with Crippen LogP contribution in [0.25, 0.3) is 0 Å². The van der Waals surface area contributed by atoms with E-state index in [4.69, 9.17) is 21.1 Å². The summed E-state index contributed by atoms with van der Waals surface area (Å²) in [6, 6.07) is 11.8. The van der Waals surface area contributed by atoms with Crippen LogP contribution in [0.15, 0.2) is 41.9 Å². The highest BCUT2D eigenvalue weighted by atomic mass is 35.5. The van der Waals surface area contributed by atoms with Gasteiger partial charge >= 0.3 is 0 Å². The van der Waals surface area contributed by atoms with Crippen molar-refractivity contribution in [3.05, 3.63) is 68.5 Å². The molecule has 1 N–H and O–H groups in total. The number of nitrogens with one attached hydrogen (secondary N) is 1. The number of ether oxygens (including phenoxy) is 2. The van der Waals surface area contributed by atoms with E-state index in [-0.39, 0.29) is 11.9 Å². The van der Waals surface area contributed by atoms with Gasteiger partial charge in [0.05, 0.1) is 31.2 Å². The van der Waals surface area contributed by atoms with E-state index in [0.29, 0.717) is 17.1 Å². The van der Waals surface area contributed by atoms with Crippen molar-refractivity contribution < 1.29 is 14.3 Å². The number of carbonyl (C=O) groups is 1. The predicted octanol–water partition coefficient (Wildman–Crippen LogP) is 4.76. The number of hydrogen-bond acceptors (Lipinski definition) is 7. The Bertz CT molecular complexity index is 1190. The summed E-state index contributed by atoms with van der Waals surface area (Å²) in [5, 5.41) is 3.63. The average molecular weight is 515 g/mol. The van der Waals surface area contributed by atoms with Crippen molar-refractivity contribution in [3.8, 4) is 11.5 Å². The Morgan fingerprint density at radius 1 is 1.20 bits per heavy atom. The Morgan fingerprint density at radius 3 is 2.74 bits per heavy atom. The van der Waals surface area contributed by atoms with Gasteiger partial charge in [-0.1, -0.05) is 23.7 Å². The van der Waals surface area contributed by atoms with E-state index in [1.165, 1.54) is 5.56 Å². The maximum atomic E-state index is 12.7.